The monoisotopic (exact) mass is 384 g/mol. The Morgan fingerprint density at radius 1 is 1.04 bits per heavy atom. The number of hydrogen-bond donors (Lipinski definition) is 1. The number of rotatable bonds is 6. The van der Waals surface area contributed by atoms with Gasteiger partial charge in [-0.15, -0.1) is 0 Å². The molecule has 1 aromatic carbocycles. The van der Waals surface area contributed by atoms with Crippen LogP contribution >= 0.6 is 0 Å². The number of benzene rings is 1. The van der Waals surface area contributed by atoms with Gasteiger partial charge in [-0.25, -0.2) is 0 Å². The van der Waals surface area contributed by atoms with Crippen LogP contribution in [0, 0.1) is 5.92 Å². The minimum atomic E-state index is 0.110. The van der Waals surface area contributed by atoms with E-state index >= 15 is 0 Å². The number of carbonyl (C=O) groups is 2. The van der Waals surface area contributed by atoms with E-state index in [9.17, 15) is 9.59 Å². The Labute approximate surface area is 167 Å². The fourth-order valence-corrected chi connectivity index (χ4v) is 4.26. The van der Waals surface area contributed by atoms with E-state index in [0.29, 0.717) is 0 Å². The molecule has 1 saturated carbocycles. The van der Waals surface area contributed by atoms with Crippen LogP contribution in [0.1, 0.15) is 49.4 Å². The molecule has 2 saturated heterocycles. The second kappa shape index (κ2) is 8.52. The first-order valence-electron chi connectivity index (χ1n) is 10.9. The van der Waals surface area contributed by atoms with E-state index in [4.69, 9.17) is 0 Å². The molecule has 1 aliphatic carbocycles. The summed E-state index contributed by atoms with van der Waals surface area (Å²) in [5, 5.41) is 3.04. The number of piperazine rings is 1. The summed E-state index contributed by atoms with van der Waals surface area (Å²) in [4.78, 5) is 32.2. The van der Waals surface area contributed by atoms with Crippen LogP contribution in [0.3, 0.4) is 0 Å². The molecule has 4 rings (SSSR count). The van der Waals surface area contributed by atoms with Gasteiger partial charge in [0, 0.05) is 50.9 Å². The maximum Gasteiger partial charge on any atom is 0.256 e. The van der Waals surface area contributed by atoms with Gasteiger partial charge in [-0.2, -0.15) is 0 Å². The molecule has 0 unspecified atom stereocenters. The zero-order valence-corrected chi connectivity index (χ0v) is 17.0. The van der Waals surface area contributed by atoms with Gasteiger partial charge in [0.05, 0.1) is 11.3 Å². The molecule has 3 aliphatic rings. The van der Waals surface area contributed by atoms with Crippen LogP contribution in [0.25, 0.3) is 0 Å². The van der Waals surface area contributed by atoms with Crippen molar-refractivity contribution in [1.29, 1.82) is 0 Å². The summed E-state index contributed by atoms with van der Waals surface area (Å²) in [6.45, 7) is 8.74. The molecule has 0 atom stereocenters. The number of hydrogen-bond acceptors (Lipinski definition) is 4. The largest absolute Gasteiger partial charge is 0.371 e. The molecule has 2 heterocycles. The first kappa shape index (κ1) is 19.2. The summed E-state index contributed by atoms with van der Waals surface area (Å²) in [6.07, 6.45) is 5.45. The van der Waals surface area contributed by atoms with E-state index in [1.165, 1.54) is 0 Å². The highest BCUT2D eigenvalue weighted by Crippen LogP contribution is 2.32. The topological polar surface area (TPSA) is 55.9 Å². The van der Waals surface area contributed by atoms with Gasteiger partial charge in [-0.05, 0) is 56.8 Å². The van der Waals surface area contributed by atoms with Crippen LogP contribution in [-0.4, -0.2) is 67.4 Å². The van der Waals surface area contributed by atoms with Crippen LogP contribution in [0.4, 0.5) is 11.4 Å². The Kier molecular flexibility index (Phi) is 5.85. The first-order chi connectivity index (χ1) is 13.7. The van der Waals surface area contributed by atoms with E-state index < -0.39 is 0 Å². The lowest BCUT2D eigenvalue weighted by atomic mass is 10.1. The van der Waals surface area contributed by atoms with Gasteiger partial charge in [-0.1, -0.05) is 6.92 Å². The van der Waals surface area contributed by atoms with Gasteiger partial charge in [0.2, 0.25) is 5.91 Å². The van der Waals surface area contributed by atoms with Gasteiger partial charge in [0.1, 0.15) is 0 Å². The van der Waals surface area contributed by atoms with E-state index in [0.717, 1.165) is 94.9 Å². The molecule has 152 valence electrons. The maximum absolute atomic E-state index is 13.3. The number of carbonyl (C=O) groups excluding carboxylic acids is 2. The number of amides is 2. The SMILES string of the molecule is CCCN1CCN(C(=O)c2ccc(NC(=O)C3CC3)cc2N2CCCC2)CC1. The summed E-state index contributed by atoms with van der Waals surface area (Å²) >= 11 is 0. The minimum Gasteiger partial charge on any atom is -0.371 e. The molecule has 1 aromatic rings. The molecule has 0 bridgehead atoms. The highest BCUT2D eigenvalue weighted by molar-refractivity contribution is 6.02. The highest BCUT2D eigenvalue weighted by Gasteiger charge is 2.30. The lowest BCUT2D eigenvalue weighted by Gasteiger charge is -2.35. The van der Waals surface area contributed by atoms with Crippen LogP contribution < -0.4 is 10.2 Å². The number of nitrogens with one attached hydrogen (secondary N) is 1. The van der Waals surface area contributed by atoms with E-state index in [1.54, 1.807) is 0 Å². The van der Waals surface area contributed by atoms with Crippen LogP contribution in [0.5, 0.6) is 0 Å². The molecule has 0 radical (unpaired) electrons. The quantitative estimate of drug-likeness (QED) is 0.819. The van der Waals surface area contributed by atoms with Crippen molar-refractivity contribution in [2.24, 2.45) is 5.92 Å². The van der Waals surface area contributed by atoms with Crippen molar-refractivity contribution in [3.05, 3.63) is 23.8 Å². The minimum absolute atomic E-state index is 0.110. The Balaban J connectivity index is 1.51. The third-order valence-corrected chi connectivity index (χ3v) is 6.09. The van der Waals surface area contributed by atoms with Gasteiger partial charge in [0.15, 0.2) is 0 Å². The van der Waals surface area contributed by atoms with Gasteiger partial charge in [0.25, 0.3) is 5.91 Å². The standard InChI is InChI=1S/C22H32N4O2/c1-2-9-24-12-14-26(15-13-24)22(28)19-8-7-18(23-21(27)17-5-6-17)16-20(19)25-10-3-4-11-25/h7-8,16-17H,2-6,9-15H2,1H3,(H,23,27). The summed E-state index contributed by atoms with van der Waals surface area (Å²) in [5.74, 6) is 0.410. The lowest BCUT2D eigenvalue weighted by Crippen LogP contribution is -2.49. The van der Waals surface area contributed by atoms with E-state index in [1.807, 2.05) is 23.1 Å². The molecular formula is C22H32N4O2. The van der Waals surface area contributed by atoms with Crippen molar-refractivity contribution in [3.63, 3.8) is 0 Å². The summed E-state index contributed by atoms with van der Waals surface area (Å²) in [7, 11) is 0. The van der Waals surface area contributed by atoms with Crippen LogP contribution in [0.15, 0.2) is 18.2 Å². The average Bonchev–Trinajstić information content (AvgIpc) is 3.43. The first-order valence-corrected chi connectivity index (χ1v) is 10.9. The van der Waals surface area contributed by atoms with E-state index in [-0.39, 0.29) is 17.7 Å². The Morgan fingerprint density at radius 2 is 1.75 bits per heavy atom. The van der Waals surface area contributed by atoms with Crippen molar-refractivity contribution in [2.45, 2.75) is 39.0 Å². The normalized spacial score (nSPS) is 20.5. The molecule has 1 N–H and O–H groups in total. The second-order valence-electron chi connectivity index (χ2n) is 8.32. The number of nitrogens with zero attached hydrogens (tertiary/aromatic N) is 3. The van der Waals surface area contributed by atoms with Gasteiger partial charge in [-0.3, -0.25) is 14.5 Å². The Hall–Kier alpha value is -2.08. The third kappa shape index (κ3) is 4.32. The molecular weight excluding hydrogens is 352 g/mol. The molecule has 2 amide bonds. The highest BCUT2D eigenvalue weighted by atomic mass is 16.2. The maximum atomic E-state index is 13.3. The molecule has 6 heteroatoms. The van der Waals surface area contributed by atoms with Gasteiger partial charge < -0.3 is 15.1 Å². The summed E-state index contributed by atoms with van der Waals surface area (Å²) in [6, 6.07) is 5.81. The van der Waals surface area contributed by atoms with Crippen molar-refractivity contribution >= 4 is 23.2 Å². The zero-order chi connectivity index (χ0) is 19.5. The molecule has 0 spiro atoms. The van der Waals surface area contributed by atoms with Crippen LogP contribution in [-0.2, 0) is 4.79 Å². The molecule has 28 heavy (non-hydrogen) atoms. The molecule has 3 fully saturated rings. The fraction of sp³-hybridized carbons (Fsp3) is 0.636. The smallest absolute Gasteiger partial charge is 0.256 e. The molecule has 6 nitrogen and oxygen atoms in total. The van der Waals surface area contributed by atoms with Crippen molar-refractivity contribution in [2.75, 3.05) is 56.0 Å². The predicted octanol–water partition coefficient (Wildman–Crippen LogP) is 2.80. The Bertz CT molecular complexity index is 717. The van der Waals surface area contributed by atoms with Crippen molar-refractivity contribution < 1.29 is 9.59 Å². The summed E-state index contributed by atoms with van der Waals surface area (Å²) < 4.78 is 0. The number of anilines is 2. The molecule has 2 aliphatic heterocycles. The second-order valence-corrected chi connectivity index (χ2v) is 8.32. The third-order valence-electron chi connectivity index (χ3n) is 6.09. The Morgan fingerprint density at radius 3 is 2.39 bits per heavy atom. The van der Waals surface area contributed by atoms with Crippen molar-refractivity contribution in [3.8, 4) is 0 Å². The molecule has 0 aromatic heterocycles. The van der Waals surface area contributed by atoms with Crippen molar-refractivity contribution in [1.82, 2.24) is 9.80 Å². The summed E-state index contributed by atoms with van der Waals surface area (Å²) in [5.41, 5.74) is 2.56. The fourth-order valence-electron chi connectivity index (χ4n) is 4.26. The van der Waals surface area contributed by atoms with Gasteiger partial charge >= 0.3 is 0 Å². The predicted molar refractivity (Wildman–Crippen MR) is 112 cm³/mol. The zero-order valence-electron chi connectivity index (χ0n) is 17.0. The average molecular weight is 385 g/mol. The van der Waals surface area contributed by atoms with Crippen LogP contribution in [0.2, 0.25) is 0 Å². The van der Waals surface area contributed by atoms with E-state index in [2.05, 4.69) is 22.0 Å². The lowest BCUT2D eigenvalue weighted by molar-refractivity contribution is -0.117.